The lowest BCUT2D eigenvalue weighted by Crippen LogP contribution is -2.41. The van der Waals surface area contributed by atoms with E-state index in [4.69, 9.17) is 0 Å². The zero-order valence-electron chi connectivity index (χ0n) is 13.6. The summed E-state index contributed by atoms with van der Waals surface area (Å²) in [5.41, 5.74) is 6.42. The lowest BCUT2D eigenvalue weighted by atomic mass is 9.87. The third kappa shape index (κ3) is 4.02. The van der Waals surface area contributed by atoms with Crippen molar-refractivity contribution < 1.29 is 9.59 Å². The Morgan fingerprint density at radius 2 is 2.17 bits per heavy atom. The van der Waals surface area contributed by atoms with Crippen LogP contribution in [0.1, 0.15) is 59.1 Å². The second-order valence-corrected chi connectivity index (χ2v) is 7.68. The van der Waals surface area contributed by atoms with E-state index in [2.05, 4.69) is 29.9 Å². The van der Waals surface area contributed by atoms with Crippen LogP contribution in [-0.4, -0.2) is 11.8 Å². The van der Waals surface area contributed by atoms with Gasteiger partial charge in [-0.2, -0.15) is 0 Å². The van der Waals surface area contributed by atoms with Gasteiger partial charge in [-0.25, -0.2) is 0 Å². The maximum atomic E-state index is 12.2. The zero-order chi connectivity index (χ0) is 16.2. The highest BCUT2D eigenvalue weighted by Crippen LogP contribution is 2.33. The summed E-state index contributed by atoms with van der Waals surface area (Å²) in [6, 6.07) is 2.00. The van der Waals surface area contributed by atoms with Gasteiger partial charge in [0.1, 0.15) is 0 Å². The molecule has 0 unspecified atom stereocenters. The van der Waals surface area contributed by atoms with Crippen molar-refractivity contribution in [1.29, 1.82) is 0 Å². The molecule has 0 fully saturated rings. The smallest absolute Gasteiger partial charge is 0.273 e. The Labute approximate surface area is 141 Å². The number of carbonyl (C=O) groups is 2. The average Bonchev–Trinajstić information content (AvgIpc) is 3.20. The van der Waals surface area contributed by atoms with Crippen molar-refractivity contribution in [3.63, 3.8) is 0 Å². The SMILES string of the molecule is CC[C@H]1CCc2sc(C(=O)NNC(=O)C[C@H]3C=CCC3)cc2C1. The normalized spacial score (nSPS) is 22.7. The van der Waals surface area contributed by atoms with Crippen molar-refractivity contribution >= 4 is 23.2 Å². The molecule has 3 rings (SSSR count). The van der Waals surface area contributed by atoms with Gasteiger partial charge in [0.2, 0.25) is 5.91 Å². The second kappa shape index (κ2) is 7.30. The van der Waals surface area contributed by atoms with Gasteiger partial charge in [0, 0.05) is 11.3 Å². The Kier molecular flexibility index (Phi) is 5.16. The molecule has 0 bridgehead atoms. The van der Waals surface area contributed by atoms with Gasteiger partial charge in [-0.05, 0) is 55.6 Å². The first-order valence-electron chi connectivity index (χ1n) is 8.53. The number of hydrazine groups is 1. The summed E-state index contributed by atoms with van der Waals surface area (Å²) in [6.07, 6.45) is 11.3. The number of hydrogen-bond acceptors (Lipinski definition) is 3. The number of hydrogen-bond donors (Lipinski definition) is 2. The first kappa shape index (κ1) is 16.2. The van der Waals surface area contributed by atoms with E-state index < -0.39 is 0 Å². The summed E-state index contributed by atoms with van der Waals surface area (Å²) in [7, 11) is 0. The molecule has 1 aromatic rings. The van der Waals surface area contributed by atoms with E-state index >= 15 is 0 Å². The van der Waals surface area contributed by atoms with E-state index in [1.807, 2.05) is 6.07 Å². The first-order valence-corrected chi connectivity index (χ1v) is 9.34. The van der Waals surface area contributed by atoms with E-state index in [-0.39, 0.29) is 11.8 Å². The predicted molar refractivity (Wildman–Crippen MR) is 92.2 cm³/mol. The highest BCUT2D eigenvalue weighted by atomic mass is 32.1. The fraction of sp³-hybridized carbons (Fsp3) is 0.556. The molecule has 2 aliphatic rings. The Morgan fingerprint density at radius 3 is 2.91 bits per heavy atom. The third-order valence-corrected chi connectivity index (χ3v) is 6.10. The van der Waals surface area contributed by atoms with E-state index in [9.17, 15) is 9.59 Å². The van der Waals surface area contributed by atoms with Gasteiger partial charge in [0.05, 0.1) is 4.88 Å². The molecule has 0 saturated carbocycles. The number of aryl methyl sites for hydroxylation is 1. The molecule has 124 valence electrons. The van der Waals surface area contributed by atoms with Gasteiger partial charge < -0.3 is 0 Å². The maximum absolute atomic E-state index is 12.2. The maximum Gasteiger partial charge on any atom is 0.279 e. The molecule has 2 aliphatic carbocycles. The molecule has 0 spiro atoms. The predicted octanol–water partition coefficient (Wildman–Crippen LogP) is 3.38. The van der Waals surface area contributed by atoms with Crippen LogP contribution in [0.25, 0.3) is 0 Å². The van der Waals surface area contributed by atoms with Crippen LogP contribution in [-0.2, 0) is 17.6 Å². The average molecular weight is 332 g/mol. The van der Waals surface area contributed by atoms with Crippen LogP contribution < -0.4 is 10.9 Å². The number of rotatable bonds is 4. The molecule has 1 aromatic heterocycles. The van der Waals surface area contributed by atoms with Gasteiger partial charge in [0.15, 0.2) is 0 Å². The molecule has 1 heterocycles. The van der Waals surface area contributed by atoms with Crippen LogP contribution in [0.4, 0.5) is 0 Å². The Morgan fingerprint density at radius 1 is 1.30 bits per heavy atom. The molecule has 0 aliphatic heterocycles. The van der Waals surface area contributed by atoms with Gasteiger partial charge in [-0.1, -0.05) is 25.5 Å². The van der Waals surface area contributed by atoms with Gasteiger partial charge in [-0.3, -0.25) is 20.4 Å². The van der Waals surface area contributed by atoms with Crippen LogP contribution >= 0.6 is 11.3 Å². The lowest BCUT2D eigenvalue weighted by molar-refractivity contribution is -0.122. The zero-order valence-corrected chi connectivity index (χ0v) is 14.4. The van der Waals surface area contributed by atoms with Crippen LogP contribution in [0.5, 0.6) is 0 Å². The fourth-order valence-corrected chi connectivity index (χ4v) is 4.51. The van der Waals surface area contributed by atoms with E-state index in [1.54, 1.807) is 11.3 Å². The topological polar surface area (TPSA) is 58.2 Å². The summed E-state index contributed by atoms with van der Waals surface area (Å²) in [5.74, 6) is 0.731. The summed E-state index contributed by atoms with van der Waals surface area (Å²) in [5, 5.41) is 0. The Bertz CT molecular complexity index is 621. The minimum atomic E-state index is -0.201. The van der Waals surface area contributed by atoms with E-state index in [0.717, 1.165) is 31.6 Å². The molecule has 0 saturated heterocycles. The van der Waals surface area contributed by atoms with Gasteiger partial charge in [0.25, 0.3) is 5.91 Å². The molecule has 5 heteroatoms. The molecule has 2 N–H and O–H groups in total. The van der Waals surface area contributed by atoms with Crippen molar-refractivity contribution in [3.05, 3.63) is 33.5 Å². The number of allylic oxidation sites excluding steroid dienone is 2. The first-order chi connectivity index (χ1) is 11.2. The number of nitrogens with one attached hydrogen (secondary N) is 2. The quantitative estimate of drug-likeness (QED) is 0.656. The summed E-state index contributed by atoms with van der Waals surface area (Å²) in [4.78, 5) is 26.1. The van der Waals surface area contributed by atoms with Crippen molar-refractivity contribution in [3.8, 4) is 0 Å². The minimum Gasteiger partial charge on any atom is -0.273 e. The monoisotopic (exact) mass is 332 g/mol. The van der Waals surface area contributed by atoms with E-state index in [1.165, 1.54) is 23.3 Å². The molecule has 4 nitrogen and oxygen atoms in total. The van der Waals surface area contributed by atoms with Crippen molar-refractivity contribution in [2.45, 2.75) is 51.9 Å². The number of fused-ring (bicyclic) bond motifs is 1. The summed E-state index contributed by atoms with van der Waals surface area (Å²) < 4.78 is 0. The molecule has 2 amide bonds. The second-order valence-electron chi connectivity index (χ2n) is 6.55. The molecular formula is C18H24N2O2S. The number of amides is 2. The fourth-order valence-electron chi connectivity index (χ4n) is 3.40. The Balaban J connectivity index is 1.51. The van der Waals surface area contributed by atoms with Crippen LogP contribution in [0.2, 0.25) is 0 Å². The van der Waals surface area contributed by atoms with Crippen LogP contribution in [0.3, 0.4) is 0 Å². The van der Waals surface area contributed by atoms with Gasteiger partial charge >= 0.3 is 0 Å². The summed E-state index contributed by atoms with van der Waals surface area (Å²) >= 11 is 1.57. The largest absolute Gasteiger partial charge is 0.279 e. The number of carbonyl (C=O) groups excluding carboxylic acids is 2. The lowest BCUT2D eigenvalue weighted by Gasteiger charge is -2.19. The molecule has 0 aromatic carbocycles. The van der Waals surface area contributed by atoms with Crippen molar-refractivity contribution in [1.82, 2.24) is 10.9 Å². The van der Waals surface area contributed by atoms with Crippen LogP contribution in [0.15, 0.2) is 18.2 Å². The molecule has 2 atom stereocenters. The standard InChI is InChI=1S/C18H24N2O2S/c1-2-12-7-8-15-14(9-12)11-16(23-15)18(22)20-19-17(21)10-13-5-3-4-6-13/h3,5,11-13H,2,4,6-10H2,1H3,(H,19,21)(H,20,22)/t12-,13-/m0/s1. The van der Waals surface area contributed by atoms with E-state index in [0.29, 0.717) is 17.2 Å². The van der Waals surface area contributed by atoms with Gasteiger partial charge in [-0.15, -0.1) is 11.3 Å². The minimum absolute atomic E-state index is 0.123. The van der Waals surface area contributed by atoms with Crippen molar-refractivity contribution in [2.24, 2.45) is 11.8 Å². The van der Waals surface area contributed by atoms with Crippen molar-refractivity contribution in [2.75, 3.05) is 0 Å². The third-order valence-electron chi connectivity index (χ3n) is 4.86. The van der Waals surface area contributed by atoms with Crippen LogP contribution in [0, 0.1) is 11.8 Å². The summed E-state index contributed by atoms with van der Waals surface area (Å²) in [6.45, 7) is 2.23. The molecular weight excluding hydrogens is 308 g/mol. The molecule has 0 radical (unpaired) electrons. The highest BCUT2D eigenvalue weighted by molar-refractivity contribution is 7.14. The number of thiophene rings is 1. The Hall–Kier alpha value is -1.62. The molecule has 23 heavy (non-hydrogen) atoms. The highest BCUT2D eigenvalue weighted by Gasteiger charge is 2.22.